The Morgan fingerprint density at radius 3 is 2.83 bits per heavy atom. The lowest BCUT2D eigenvalue weighted by atomic mass is 10.0. The molecule has 2 nitrogen and oxygen atoms in total. The van der Waals surface area contributed by atoms with Crippen LogP contribution in [0.15, 0.2) is 30.0 Å². The average molecular weight is 249 g/mol. The smallest absolute Gasteiger partial charge is 0.123 e. The van der Waals surface area contributed by atoms with E-state index in [0.29, 0.717) is 0 Å². The average Bonchev–Trinajstić information content (AvgIpc) is 2.82. The van der Waals surface area contributed by atoms with Crippen molar-refractivity contribution in [3.63, 3.8) is 0 Å². The second-order valence-electron chi connectivity index (χ2n) is 4.69. The normalized spacial score (nSPS) is 16.3. The van der Waals surface area contributed by atoms with Crippen LogP contribution < -0.4 is 5.32 Å². The van der Waals surface area contributed by atoms with Crippen LogP contribution in [0, 0.1) is 12.7 Å². The van der Waals surface area contributed by atoms with Gasteiger partial charge in [0.2, 0.25) is 0 Å². The Bertz CT molecular complexity index is 422. The Morgan fingerprint density at radius 1 is 1.39 bits per heavy atom. The van der Waals surface area contributed by atoms with Crippen molar-refractivity contribution in [2.75, 3.05) is 13.2 Å². The first-order valence-electron chi connectivity index (χ1n) is 6.54. The highest BCUT2D eigenvalue weighted by atomic mass is 19.1. The summed E-state index contributed by atoms with van der Waals surface area (Å²) in [4.78, 5) is 0. The number of aryl methyl sites for hydroxylation is 1. The molecule has 2 rings (SSSR count). The zero-order valence-corrected chi connectivity index (χ0v) is 11.0. The zero-order valence-electron chi connectivity index (χ0n) is 11.0. The Labute approximate surface area is 108 Å². The number of hydrogen-bond acceptors (Lipinski definition) is 2. The van der Waals surface area contributed by atoms with Gasteiger partial charge in [0.15, 0.2) is 0 Å². The van der Waals surface area contributed by atoms with E-state index in [1.165, 1.54) is 0 Å². The molecule has 1 atom stereocenters. The summed E-state index contributed by atoms with van der Waals surface area (Å²) in [6.45, 7) is 5.65. The van der Waals surface area contributed by atoms with Gasteiger partial charge in [-0.05, 0) is 49.2 Å². The maximum absolute atomic E-state index is 13.5. The van der Waals surface area contributed by atoms with Crippen molar-refractivity contribution in [3.05, 3.63) is 47.0 Å². The van der Waals surface area contributed by atoms with Gasteiger partial charge in [-0.3, -0.25) is 0 Å². The van der Waals surface area contributed by atoms with Crippen LogP contribution in [0.4, 0.5) is 4.39 Å². The first-order valence-corrected chi connectivity index (χ1v) is 6.54. The molecular formula is C15H20FNO. The molecule has 98 valence electrons. The first-order chi connectivity index (χ1) is 8.70. The number of nitrogens with one attached hydrogen (secondary N) is 1. The van der Waals surface area contributed by atoms with Crippen molar-refractivity contribution >= 4 is 0 Å². The molecule has 0 saturated carbocycles. The molecule has 1 unspecified atom stereocenters. The van der Waals surface area contributed by atoms with Crippen molar-refractivity contribution < 1.29 is 9.13 Å². The Hall–Kier alpha value is -1.35. The lowest BCUT2D eigenvalue weighted by Gasteiger charge is -2.20. The zero-order chi connectivity index (χ0) is 13.0. The van der Waals surface area contributed by atoms with E-state index in [1.54, 1.807) is 12.1 Å². The molecule has 0 bridgehead atoms. The molecule has 3 heteroatoms. The maximum atomic E-state index is 13.5. The lowest BCUT2D eigenvalue weighted by molar-refractivity contribution is 0.215. The van der Waals surface area contributed by atoms with E-state index in [-0.39, 0.29) is 11.9 Å². The van der Waals surface area contributed by atoms with Crippen LogP contribution in [-0.4, -0.2) is 13.2 Å². The van der Waals surface area contributed by atoms with Gasteiger partial charge in [-0.2, -0.15) is 0 Å². The van der Waals surface area contributed by atoms with Gasteiger partial charge in [0.1, 0.15) is 11.6 Å². The molecule has 1 aliphatic heterocycles. The molecule has 1 N–H and O–H groups in total. The predicted octanol–water partition coefficient (Wildman–Crippen LogP) is 3.48. The summed E-state index contributed by atoms with van der Waals surface area (Å²) in [7, 11) is 0. The van der Waals surface area contributed by atoms with Crippen molar-refractivity contribution in [1.29, 1.82) is 0 Å². The van der Waals surface area contributed by atoms with Crippen molar-refractivity contribution in [1.82, 2.24) is 5.32 Å². The van der Waals surface area contributed by atoms with Crippen LogP contribution in [0.2, 0.25) is 0 Å². The van der Waals surface area contributed by atoms with Gasteiger partial charge in [-0.25, -0.2) is 4.39 Å². The quantitative estimate of drug-likeness (QED) is 0.862. The summed E-state index contributed by atoms with van der Waals surface area (Å²) in [6, 6.07) is 5.12. The van der Waals surface area contributed by atoms with Crippen LogP contribution >= 0.6 is 0 Å². The summed E-state index contributed by atoms with van der Waals surface area (Å²) in [5.74, 6) is 0.736. The molecule has 0 aromatic heterocycles. The van der Waals surface area contributed by atoms with E-state index >= 15 is 0 Å². The molecule has 0 aliphatic carbocycles. The molecule has 1 aromatic carbocycles. The second kappa shape index (κ2) is 6.01. The van der Waals surface area contributed by atoms with E-state index in [9.17, 15) is 4.39 Å². The standard InChI is InChI=1S/C15H20FNO/c1-3-6-17-15(14-5-4-7-18-14)12-8-11(2)9-13(16)10-12/h5,8-10,15,17H,3-4,6-7H2,1-2H3. The highest BCUT2D eigenvalue weighted by Crippen LogP contribution is 2.27. The number of benzene rings is 1. The molecule has 1 heterocycles. The Balaban J connectivity index is 2.26. The third-order valence-electron chi connectivity index (χ3n) is 3.01. The van der Waals surface area contributed by atoms with E-state index in [0.717, 1.165) is 42.9 Å². The number of halogens is 1. The van der Waals surface area contributed by atoms with Crippen molar-refractivity contribution in [2.45, 2.75) is 32.7 Å². The predicted molar refractivity (Wildman–Crippen MR) is 70.8 cm³/mol. The van der Waals surface area contributed by atoms with Gasteiger partial charge in [0.25, 0.3) is 0 Å². The second-order valence-corrected chi connectivity index (χ2v) is 4.69. The van der Waals surface area contributed by atoms with Crippen LogP contribution in [0.3, 0.4) is 0 Å². The molecule has 1 aromatic rings. The largest absolute Gasteiger partial charge is 0.496 e. The molecule has 0 amide bonds. The fourth-order valence-electron chi connectivity index (χ4n) is 2.24. The topological polar surface area (TPSA) is 21.3 Å². The first kappa shape index (κ1) is 13.1. The number of rotatable bonds is 5. The van der Waals surface area contributed by atoms with Gasteiger partial charge in [-0.1, -0.05) is 13.0 Å². The van der Waals surface area contributed by atoms with Crippen molar-refractivity contribution in [3.8, 4) is 0 Å². The molecule has 1 aliphatic rings. The number of hydrogen-bond donors (Lipinski definition) is 1. The summed E-state index contributed by atoms with van der Waals surface area (Å²) >= 11 is 0. The summed E-state index contributed by atoms with van der Waals surface area (Å²) in [5, 5.41) is 3.42. The van der Waals surface area contributed by atoms with Crippen LogP contribution in [0.1, 0.15) is 36.9 Å². The summed E-state index contributed by atoms with van der Waals surface area (Å²) in [6.07, 6.45) is 4.07. The van der Waals surface area contributed by atoms with Gasteiger partial charge in [0, 0.05) is 6.42 Å². The number of ether oxygens (including phenoxy) is 1. The van der Waals surface area contributed by atoms with Gasteiger partial charge < -0.3 is 10.1 Å². The van der Waals surface area contributed by atoms with E-state index in [2.05, 4.69) is 18.3 Å². The maximum Gasteiger partial charge on any atom is 0.123 e. The van der Waals surface area contributed by atoms with Crippen LogP contribution in [0.5, 0.6) is 0 Å². The van der Waals surface area contributed by atoms with Gasteiger partial charge >= 0.3 is 0 Å². The fourth-order valence-corrected chi connectivity index (χ4v) is 2.24. The highest BCUT2D eigenvalue weighted by Gasteiger charge is 2.20. The van der Waals surface area contributed by atoms with Gasteiger partial charge in [0.05, 0.1) is 12.6 Å². The van der Waals surface area contributed by atoms with Crippen molar-refractivity contribution in [2.24, 2.45) is 0 Å². The third kappa shape index (κ3) is 3.10. The molecule has 0 fully saturated rings. The van der Waals surface area contributed by atoms with E-state index in [1.807, 2.05) is 13.0 Å². The summed E-state index contributed by atoms with van der Waals surface area (Å²) in [5.41, 5.74) is 1.88. The molecular weight excluding hydrogens is 229 g/mol. The third-order valence-corrected chi connectivity index (χ3v) is 3.01. The minimum Gasteiger partial charge on any atom is -0.496 e. The molecule has 18 heavy (non-hydrogen) atoms. The van der Waals surface area contributed by atoms with Crippen LogP contribution in [-0.2, 0) is 4.74 Å². The highest BCUT2D eigenvalue weighted by molar-refractivity contribution is 5.31. The lowest BCUT2D eigenvalue weighted by Crippen LogP contribution is -2.24. The molecule has 0 radical (unpaired) electrons. The van der Waals surface area contributed by atoms with E-state index < -0.39 is 0 Å². The Morgan fingerprint density at radius 2 is 2.22 bits per heavy atom. The minimum absolute atomic E-state index is 0.0261. The van der Waals surface area contributed by atoms with E-state index in [4.69, 9.17) is 4.74 Å². The Kier molecular flexibility index (Phi) is 4.37. The SMILES string of the molecule is CCCNC(C1=CCCO1)c1cc(C)cc(F)c1. The van der Waals surface area contributed by atoms with Crippen LogP contribution in [0.25, 0.3) is 0 Å². The monoisotopic (exact) mass is 249 g/mol. The molecule has 0 saturated heterocycles. The molecule has 0 spiro atoms. The summed E-state index contributed by atoms with van der Waals surface area (Å²) < 4.78 is 19.1. The minimum atomic E-state index is -0.188. The fraction of sp³-hybridized carbons (Fsp3) is 0.467. The van der Waals surface area contributed by atoms with Gasteiger partial charge in [-0.15, -0.1) is 0 Å².